The summed E-state index contributed by atoms with van der Waals surface area (Å²) >= 11 is 0. The van der Waals surface area contributed by atoms with Crippen LogP contribution in [0.15, 0.2) is 229 Å². The number of anilines is 3. The van der Waals surface area contributed by atoms with Crippen LogP contribution in [0, 0.1) is 0 Å². The number of hydrogen-bond acceptors (Lipinski definition) is 2. The Balaban J connectivity index is 1.03. The van der Waals surface area contributed by atoms with Crippen LogP contribution in [0.1, 0.15) is 22.3 Å². The molecule has 11 aromatic carbocycles. The van der Waals surface area contributed by atoms with E-state index in [2.05, 4.69) is 217 Å². The molecule has 0 radical (unpaired) electrons. The van der Waals surface area contributed by atoms with Gasteiger partial charge in [0.25, 0.3) is 0 Å². The fourth-order valence-electron chi connectivity index (χ4n) is 11.5. The Bertz CT molecular complexity index is 3790. The molecule has 1 heterocycles. The molecule has 2 aliphatic carbocycles. The van der Waals surface area contributed by atoms with E-state index in [-0.39, 0.29) is 0 Å². The maximum absolute atomic E-state index is 6.20. The largest absolute Gasteiger partial charge is 0.456 e. The standard InChI is InChI=1S/C61H37NO/c1-2-16-44-42(14-1)43-15-3-4-17-45(43)51-37-41(33-34-46(44)51)62(40-31-28-38(29-32-40)39-30-35-59-52(36-39)49-20-8-12-27-58(49)63-59)57-26-13-25-56-60(57)50-21-7-11-24-55(50)61(56)53-22-9-5-18-47(53)48-19-6-10-23-54(48)61/h1-37H. The lowest BCUT2D eigenvalue weighted by molar-refractivity contribution is 0.669. The molecule has 2 nitrogen and oxygen atoms in total. The summed E-state index contributed by atoms with van der Waals surface area (Å²) in [6.07, 6.45) is 0. The van der Waals surface area contributed by atoms with Gasteiger partial charge in [-0.05, 0) is 131 Å². The van der Waals surface area contributed by atoms with Crippen molar-refractivity contribution in [2.75, 3.05) is 4.90 Å². The molecule has 1 spiro atoms. The molecule has 0 aliphatic heterocycles. The van der Waals surface area contributed by atoms with E-state index in [4.69, 9.17) is 4.42 Å². The van der Waals surface area contributed by atoms with Crippen molar-refractivity contribution in [3.8, 4) is 33.4 Å². The van der Waals surface area contributed by atoms with Gasteiger partial charge in [-0.25, -0.2) is 0 Å². The fourth-order valence-corrected chi connectivity index (χ4v) is 11.5. The first-order valence-corrected chi connectivity index (χ1v) is 21.8. The molecule has 0 unspecified atom stereocenters. The highest BCUT2D eigenvalue weighted by atomic mass is 16.3. The van der Waals surface area contributed by atoms with Crippen molar-refractivity contribution < 1.29 is 4.42 Å². The minimum atomic E-state index is -0.445. The average molecular weight is 800 g/mol. The summed E-state index contributed by atoms with van der Waals surface area (Å²) in [5.41, 5.74) is 17.5. The van der Waals surface area contributed by atoms with Gasteiger partial charge in [-0.15, -0.1) is 0 Å². The molecule has 2 aliphatic rings. The molecule has 0 saturated heterocycles. The minimum absolute atomic E-state index is 0.445. The lowest BCUT2D eigenvalue weighted by atomic mass is 9.70. The zero-order valence-corrected chi connectivity index (χ0v) is 34.2. The predicted octanol–water partition coefficient (Wildman–Crippen LogP) is 16.5. The Morgan fingerprint density at radius 1 is 0.302 bits per heavy atom. The molecular formula is C61H37NO. The summed E-state index contributed by atoms with van der Waals surface area (Å²) in [5, 5.41) is 9.84. The lowest BCUT2D eigenvalue weighted by Gasteiger charge is -2.32. The highest BCUT2D eigenvalue weighted by Crippen LogP contribution is 2.64. The molecule has 0 amide bonds. The molecule has 0 fully saturated rings. The number of fused-ring (bicyclic) bond motifs is 19. The third-order valence-corrected chi connectivity index (χ3v) is 14.1. The molecule has 0 atom stereocenters. The zero-order valence-electron chi connectivity index (χ0n) is 34.2. The minimum Gasteiger partial charge on any atom is -0.456 e. The van der Waals surface area contributed by atoms with Gasteiger partial charge >= 0.3 is 0 Å². The Morgan fingerprint density at radius 2 is 0.794 bits per heavy atom. The Kier molecular flexibility index (Phi) is 7.07. The van der Waals surface area contributed by atoms with Crippen LogP contribution >= 0.6 is 0 Å². The summed E-state index contributed by atoms with van der Waals surface area (Å²) in [6, 6.07) is 83.0. The summed E-state index contributed by atoms with van der Waals surface area (Å²) in [5.74, 6) is 0. The third kappa shape index (κ3) is 4.67. The van der Waals surface area contributed by atoms with Crippen LogP contribution in [0.2, 0.25) is 0 Å². The number of para-hydroxylation sites is 1. The quantitative estimate of drug-likeness (QED) is 0.165. The van der Waals surface area contributed by atoms with Gasteiger partial charge in [-0.1, -0.05) is 176 Å². The Morgan fingerprint density at radius 3 is 1.48 bits per heavy atom. The molecule has 0 N–H and O–H groups in total. The van der Waals surface area contributed by atoms with Crippen LogP contribution < -0.4 is 4.90 Å². The van der Waals surface area contributed by atoms with Gasteiger partial charge in [0, 0.05) is 27.7 Å². The van der Waals surface area contributed by atoms with Crippen LogP contribution in [-0.2, 0) is 5.41 Å². The summed E-state index contributed by atoms with van der Waals surface area (Å²) in [6.45, 7) is 0. The summed E-state index contributed by atoms with van der Waals surface area (Å²) < 4.78 is 6.20. The Hall–Kier alpha value is -8.20. The average Bonchev–Trinajstić information content (AvgIpc) is 3.99. The smallest absolute Gasteiger partial charge is 0.135 e. The maximum Gasteiger partial charge on any atom is 0.135 e. The van der Waals surface area contributed by atoms with Gasteiger partial charge in [0.05, 0.1) is 11.1 Å². The molecule has 12 aromatic rings. The number of rotatable bonds is 4. The van der Waals surface area contributed by atoms with Crippen LogP contribution in [0.3, 0.4) is 0 Å². The highest BCUT2D eigenvalue weighted by Gasteiger charge is 2.52. The fraction of sp³-hybridized carbons (Fsp3) is 0.0164. The van der Waals surface area contributed by atoms with E-state index in [1.807, 2.05) is 12.1 Å². The molecule has 0 saturated carbocycles. The van der Waals surface area contributed by atoms with Gasteiger partial charge in [-0.2, -0.15) is 0 Å². The van der Waals surface area contributed by atoms with E-state index in [0.717, 1.165) is 50.1 Å². The van der Waals surface area contributed by atoms with Crippen molar-refractivity contribution in [2.24, 2.45) is 0 Å². The second-order valence-corrected chi connectivity index (χ2v) is 17.1. The van der Waals surface area contributed by atoms with E-state index in [1.165, 1.54) is 76.8 Å². The first-order chi connectivity index (χ1) is 31.3. The van der Waals surface area contributed by atoms with Crippen molar-refractivity contribution in [3.05, 3.63) is 247 Å². The monoisotopic (exact) mass is 799 g/mol. The normalized spacial score (nSPS) is 13.2. The molecule has 0 bridgehead atoms. The van der Waals surface area contributed by atoms with Crippen LogP contribution in [0.25, 0.3) is 87.6 Å². The van der Waals surface area contributed by atoms with Crippen molar-refractivity contribution in [1.29, 1.82) is 0 Å². The van der Waals surface area contributed by atoms with E-state index >= 15 is 0 Å². The van der Waals surface area contributed by atoms with Crippen molar-refractivity contribution in [1.82, 2.24) is 0 Å². The Labute approximate surface area is 364 Å². The highest BCUT2D eigenvalue weighted by molar-refractivity contribution is 6.26. The van der Waals surface area contributed by atoms with Crippen LogP contribution in [-0.4, -0.2) is 0 Å². The molecular weight excluding hydrogens is 763 g/mol. The second kappa shape index (κ2) is 12.9. The van der Waals surface area contributed by atoms with Crippen molar-refractivity contribution in [2.45, 2.75) is 5.41 Å². The topological polar surface area (TPSA) is 16.4 Å². The summed E-state index contributed by atoms with van der Waals surface area (Å²) in [4.78, 5) is 2.50. The van der Waals surface area contributed by atoms with Crippen molar-refractivity contribution >= 4 is 71.3 Å². The van der Waals surface area contributed by atoms with E-state index < -0.39 is 5.41 Å². The lowest BCUT2D eigenvalue weighted by Crippen LogP contribution is -2.26. The molecule has 63 heavy (non-hydrogen) atoms. The zero-order chi connectivity index (χ0) is 41.2. The van der Waals surface area contributed by atoms with Crippen LogP contribution in [0.5, 0.6) is 0 Å². The van der Waals surface area contributed by atoms with Gasteiger partial charge in [0.1, 0.15) is 11.2 Å². The second-order valence-electron chi connectivity index (χ2n) is 17.1. The van der Waals surface area contributed by atoms with E-state index in [9.17, 15) is 0 Å². The summed E-state index contributed by atoms with van der Waals surface area (Å²) in [7, 11) is 0. The first kappa shape index (κ1) is 34.5. The molecule has 2 heteroatoms. The van der Waals surface area contributed by atoms with Gasteiger partial charge < -0.3 is 9.32 Å². The molecule has 292 valence electrons. The van der Waals surface area contributed by atoms with E-state index in [0.29, 0.717) is 0 Å². The SMILES string of the molecule is c1ccc2c(c1)-c1ccccc1C21c2ccccc2-c2c(N(c3ccc(-c4ccc5oc6ccccc6c5c4)cc3)c3ccc4c5ccccc5c5ccccc5c4c3)cccc21. The van der Waals surface area contributed by atoms with Crippen LogP contribution in [0.4, 0.5) is 17.1 Å². The van der Waals surface area contributed by atoms with Gasteiger partial charge in [-0.3, -0.25) is 0 Å². The predicted molar refractivity (Wildman–Crippen MR) is 263 cm³/mol. The molecule has 1 aromatic heterocycles. The van der Waals surface area contributed by atoms with E-state index in [1.54, 1.807) is 0 Å². The number of furan rings is 1. The van der Waals surface area contributed by atoms with Gasteiger partial charge in [0.2, 0.25) is 0 Å². The molecule has 14 rings (SSSR count). The first-order valence-electron chi connectivity index (χ1n) is 21.8. The number of benzene rings is 11. The third-order valence-electron chi connectivity index (χ3n) is 14.1. The number of hydrogen-bond donors (Lipinski definition) is 0. The number of nitrogens with zero attached hydrogens (tertiary/aromatic N) is 1. The maximum atomic E-state index is 6.20. The van der Waals surface area contributed by atoms with Crippen molar-refractivity contribution in [3.63, 3.8) is 0 Å². The van der Waals surface area contributed by atoms with Gasteiger partial charge in [0.15, 0.2) is 0 Å².